The van der Waals surface area contributed by atoms with Crippen molar-refractivity contribution in [1.82, 2.24) is 0 Å². The summed E-state index contributed by atoms with van der Waals surface area (Å²) in [4.78, 5) is 10.6. The smallest absolute Gasteiger partial charge is 0.306 e. The first-order valence-corrected chi connectivity index (χ1v) is 5.13. The zero-order chi connectivity index (χ0) is 11.0. The number of unbranched alkanes of at least 4 members (excludes halogenated alkanes) is 1. The van der Waals surface area contributed by atoms with Crippen molar-refractivity contribution in [1.29, 1.82) is 0 Å². The Morgan fingerprint density at radius 1 is 1.29 bits per heavy atom. The molecule has 0 aliphatic rings. The summed E-state index contributed by atoms with van der Waals surface area (Å²) in [5.74, 6) is -1.00. The third-order valence-electron chi connectivity index (χ3n) is 2.39. The van der Waals surface area contributed by atoms with Gasteiger partial charge in [0, 0.05) is 0 Å². The Morgan fingerprint density at radius 3 is 2.29 bits per heavy atom. The van der Waals surface area contributed by atoms with E-state index >= 15 is 0 Å². The molecule has 0 aromatic rings. The van der Waals surface area contributed by atoms with Crippen molar-refractivity contribution in [3.05, 3.63) is 0 Å². The van der Waals surface area contributed by atoms with Crippen LogP contribution in [0.5, 0.6) is 0 Å². The highest BCUT2D eigenvalue weighted by Crippen LogP contribution is 2.14. The van der Waals surface area contributed by atoms with Gasteiger partial charge in [0.05, 0.1) is 18.6 Å². The maximum Gasteiger partial charge on any atom is 0.306 e. The largest absolute Gasteiger partial charge is 0.481 e. The van der Waals surface area contributed by atoms with Gasteiger partial charge in [0.2, 0.25) is 0 Å². The Labute approximate surface area is 84.6 Å². The van der Waals surface area contributed by atoms with Crippen LogP contribution in [-0.4, -0.2) is 34.0 Å². The fraction of sp³-hybridized carbons (Fsp3) is 0.900. The molecule has 0 radical (unpaired) electrons. The number of aliphatic hydroxyl groups is 2. The maximum atomic E-state index is 10.6. The molecule has 0 aromatic carbocycles. The minimum absolute atomic E-state index is 0.212. The average Bonchev–Trinajstić information content (AvgIpc) is 2.16. The quantitative estimate of drug-likeness (QED) is 0.516. The molecule has 84 valence electrons. The monoisotopic (exact) mass is 204 g/mol. The van der Waals surface area contributed by atoms with Gasteiger partial charge < -0.3 is 15.3 Å². The van der Waals surface area contributed by atoms with E-state index in [4.69, 9.17) is 15.3 Å². The van der Waals surface area contributed by atoms with E-state index in [2.05, 4.69) is 0 Å². The van der Waals surface area contributed by atoms with E-state index in [9.17, 15) is 4.79 Å². The third-order valence-corrected chi connectivity index (χ3v) is 2.39. The van der Waals surface area contributed by atoms with Crippen LogP contribution in [0.4, 0.5) is 0 Å². The first-order valence-electron chi connectivity index (χ1n) is 5.13. The van der Waals surface area contributed by atoms with E-state index < -0.39 is 12.1 Å². The van der Waals surface area contributed by atoms with Crippen LogP contribution < -0.4 is 0 Å². The van der Waals surface area contributed by atoms with Crippen molar-refractivity contribution in [2.45, 2.75) is 45.1 Å². The van der Waals surface area contributed by atoms with Crippen LogP contribution >= 0.6 is 0 Å². The second kappa shape index (κ2) is 7.76. The molecule has 0 aliphatic heterocycles. The van der Waals surface area contributed by atoms with Crippen LogP contribution in [0.2, 0.25) is 0 Å². The molecule has 0 aliphatic carbocycles. The van der Waals surface area contributed by atoms with E-state index in [-0.39, 0.29) is 12.5 Å². The van der Waals surface area contributed by atoms with Gasteiger partial charge in [-0.15, -0.1) is 0 Å². The molecule has 0 bridgehead atoms. The first-order chi connectivity index (χ1) is 6.61. The maximum absolute atomic E-state index is 10.6. The third kappa shape index (κ3) is 5.94. The van der Waals surface area contributed by atoms with E-state index in [1.165, 1.54) is 0 Å². The van der Waals surface area contributed by atoms with Crippen LogP contribution in [0.15, 0.2) is 0 Å². The van der Waals surface area contributed by atoms with Crippen molar-refractivity contribution in [2.24, 2.45) is 5.92 Å². The van der Waals surface area contributed by atoms with Gasteiger partial charge in [-0.1, -0.05) is 19.8 Å². The molecule has 0 rings (SSSR count). The lowest BCUT2D eigenvalue weighted by Gasteiger charge is -2.10. The van der Waals surface area contributed by atoms with Crippen molar-refractivity contribution in [2.75, 3.05) is 6.61 Å². The lowest BCUT2D eigenvalue weighted by atomic mass is 9.98. The molecule has 2 unspecified atom stereocenters. The Bertz CT molecular complexity index is 158. The molecule has 0 saturated heterocycles. The summed E-state index contributed by atoms with van der Waals surface area (Å²) in [6.07, 6.45) is 2.77. The molecule has 0 heterocycles. The van der Waals surface area contributed by atoms with Gasteiger partial charge in [0.25, 0.3) is 0 Å². The lowest BCUT2D eigenvalue weighted by molar-refractivity contribution is -0.142. The molecule has 0 spiro atoms. The topological polar surface area (TPSA) is 77.8 Å². The number of carboxylic acid groups (broad SMARTS) is 1. The normalized spacial score (nSPS) is 15.1. The minimum atomic E-state index is -0.741. The summed E-state index contributed by atoms with van der Waals surface area (Å²) < 4.78 is 0. The molecule has 0 aromatic heterocycles. The highest BCUT2D eigenvalue weighted by Gasteiger charge is 2.14. The predicted molar refractivity (Wildman–Crippen MR) is 53.0 cm³/mol. The zero-order valence-electron chi connectivity index (χ0n) is 8.65. The predicted octanol–water partition coefficient (Wildman–Crippen LogP) is 1.01. The molecule has 0 fully saturated rings. The summed E-state index contributed by atoms with van der Waals surface area (Å²) in [5, 5.41) is 26.3. The van der Waals surface area contributed by atoms with Crippen LogP contribution in [-0.2, 0) is 4.79 Å². The highest BCUT2D eigenvalue weighted by atomic mass is 16.4. The Balaban J connectivity index is 3.47. The number of aliphatic hydroxyl groups excluding tert-OH is 2. The fourth-order valence-corrected chi connectivity index (χ4v) is 1.36. The van der Waals surface area contributed by atoms with Gasteiger partial charge in [0.15, 0.2) is 0 Å². The molecule has 3 N–H and O–H groups in total. The molecular weight excluding hydrogens is 184 g/mol. The van der Waals surface area contributed by atoms with Crippen molar-refractivity contribution < 1.29 is 20.1 Å². The standard InChI is InChI=1S/C10H20O4/c1-2-8(10(13)14)5-3-4-6-9(12)7-11/h8-9,11-12H,2-7H2,1H3,(H,13,14). The summed E-state index contributed by atoms with van der Waals surface area (Å²) in [6.45, 7) is 1.65. The summed E-state index contributed by atoms with van der Waals surface area (Å²) in [6, 6.07) is 0. The van der Waals surface area contributed by atoms with Crippen LogP contribution in [0.3, 0.4) is 0 Å². The van der Waals surface area contributed by atoms with Crippen LogP contribution in [0, 0.1) is 5.92 Å². The number of hydrogen-bond donors (Lipinski definition) is 3. The average molecular weight is 204 g/mol. The van der Waals surface area contributed by atoms with Crippen molar-refractivity contribution in [3.63, 3.8) is 0 Å². The van der Waals surface area contributed by atoms with Crippen molar-refractivity contribution >= 4 is 5.97 Å². The molecule has 4 nitrogen and oxygen atoms in total. The van der Waals surface area contributed by atoms with Gasteiger partial charge in [0.1, 0.15) is 0 Å². The molecule has 4 heteroatoms. The van der Waals surface area contributed by atoms with E-state index in [0.29, 0.717) is 19.3 Å². The lowest BCUT2D eigenvalue weighted by Crippen LogP contribution is -2.14. The van der Waals surface area contributed by atoms with Crippen LogP contribution in [0.25, 0.3) is 0 Å². The van der Waals surface area contributed by atoms with Gasteiger partial charge in [-0.3, -0.25) is 4.79 Å². The van der Waals surface area contributed by atoms with E-state index in [1.807, 2.05) is 6.92 Å². The summed E-state index contributed by atoms with van der Waals surface area (Å²) in [5.41, 5.74) is 0. The summed E-state index contributed by atoms with van der Waals surface area (Å²) in [7, 11) is 0. The Hall–Kier alpha value is -0.610. The van der Waals surface area contributed by atoms with E-state index in [0.717, 1.165) is 12.8 Å². The van der Waals surface area contributed by atoms with Gasteiger partial charge >= 0.3 is 5.97 Å². The number of carboxylic acids is 1. The Morgan fingerprint density at radius 2 is 1.86 bits per heavy atom. The van der Waals surface area contributed by atoms with E-state index in [1.54, 1.807) is 0 Å². The SMILES string of the molecule is CCC(CCCCC(O)CO)C(=O)O. The van der Waals surface area contributed by atoms with Crippen molar-refractivity contribution in [3.8, 4) is 0 Å². The van der Waals surface area contributed by atoms with Gasteiger partial charge in [-0.05, 0) is 19.3 Å². The van der Waals surface area contributed by atoms with Crippen LogP contribution in [0.1, 0.15) is 39.0 Å². The highest BCUT2D eigenvalue weighted by molar-refractivity contribution is 5.69. The molecule has 0 amide bonds. The number of carbonyl (C=O) groups is 1. The molecule has 0 saturated carbocycles. The summed E-state index contributed by atoms with van der Waals surface area (Å²) >= 11 is 0. The Kier molecular flexibility index (Phi) is 7.42. The van der Waals surface area contributed by atoms with Gasteiger partial charge in [-0.25, -0.2) is 0 Å². The number of hydrogen-bond acceptors (Lipinski definition) is 3. The second-order valence-electron chi connectivity index (χ2n) is 3.56. The fourth-order valence-electron chi connectivity index (χ4n) is 1.36. The number of rotatable bonds is 8. The first kappa shape index (κ1) is 13.4. The number of aliphatic carboxylic acids is 1. The zero-order valence-corrected chi connectivity index (χ0v) is 8.65. The molecule has 2 atom stereocenters. The minimum Gasteiger partial charge on any atom is -0.481 e. The van der Waals surface area contributed by atoms with Gasteiger partial charge in [-0.2, -0.15) is 0 Å². The second-order valence-corrected chi connectivity index (χ2v) is 3.56. The molecular formula is C10H20O4. The molecule has 14 heavy (non-hydrogen) atoms.